The van der Waals surface area contributed by atoms with Crippen LogP contribution in [0.4, 0.5) is 10.5 Å². The lowest BCUT2D eigenvalue weighted by atomic mass is 10.2. The van der Waals surface area contributed by atoms with Gasteiger partial charge in [-0.3, -0.25) is 24.1 Å². The minimum Gasteiger partial charge on any atom is -0.493 e. The van der Waals surface area contributed by atoms with Crippen LogP contribution in [0.5, 0.6) is 11.5 Å². The topological polar surface area (TPSA) is 105 Å². The number of ether oxygens (including phenoxy) is 2. The zero-order chi connectivity index (χ0) is 27.1. The summed E-state index contributed by atoms with van der Waals surface area (Å²) in [7, 11) is 1.48. The summed E-state index contributed by atoms with van der Waals surface area (Å²) in [6.07, 6.45) is 5.64. The number of thioether (sulfide) groups is 1. The van der Waals surface area contributed by atoms with Gasteiger partial charge in [-0.15, -0.1) is 0 Å². The molecule has 4 amide bonds. The van der Waals surface area contributed by atoms with E-state index in [0.717, 1.165) is 42.3 Å². The van der Waals surface area contributed by atoms with Crippen LogP contribution in [-0.4, -0.2) is 66.1 Å². The Morgan fingerprint density at radius 2 is 1.79 bits per heavy atom. The number of nitrogens with one attached hydrogen (secondary N) is 1. The van der Waals surface area contributed by atoms with Crippen molar-refractivity contribution in [3.05, 3.63) is 56.5 Å². The zero-order valence-electron chi connectivity index (χ0n) is 20.9. The van der Waals surface area contributed by atoms with Crippen LogP contribution >= 0.6 is 34.4 Å². The molecule has 2 aliphatic heterocycles. The number of imide groups is 1. The first kappa shape index (κ1) is 28.0. The van der Waals surface area contributed by atoms with E-state index in [1.807, 2.05) is 18.2 Å². The third-order valence-electron chi connectivity index (χ3n) is 6.08. The van der Waals surface area contributed by atoms with Crippen LogP contribution in [0.2, 0.25) is 0 Å². The first-order valence-electron chi connectivity index (χ1n) is 12.2. The van der Waals surface area contributed by atoms with E-state index in [9.17, 15) is 19.2 Å². The number of likely N-dealkylation sites (tertiary alicyclic amines) is 1. The van der Waals surface area contributed by atoms with Crippen molar-refractivity contribution in [1.29, 1.82) is 0 Å². The zero-order valence-corrected chi connectivity index (χ0v) is 23.9. The lowest BCUT2D eigenvalue weighted by Gasteiger charge is -2.22. The lowest BCUT2D eigenvalue weighted by molar-refractivity contribution is -0.135. The van der Waals surface area contributed by atoms with Crippen molar-refractivity contribution in [2.75, 3.05) is 38.7 Å². The molecule has 2 aromatic carbocycles. The van der Waals surface area contributed by atoms with Gasteiger partial charge in [-0.25, -0.2) is 0 Å². The van der Waals surface area contributed by atoms with Crippen LogP contribution in [0.3, 0.4) is 0 Å². The molecule has 0 saturated carbocycles. The number of para-hydroxylation sites is 1. The minimum absolute atomic E-state index is 0.204. The number of carbonyl (C=O) groups is 4. The Morgan fingerprint density at radius 3 is 2.47 bits per heavy atom. The van der Waals surface area contributed by atoms with E-state index < -0.39 is 11.1 Å². The van der Waals surface area contributed by atoms with Gasteiger partial charge in [-0.1, -0.05) is 31.0 Å². The number of benzene rings is 2. The molecular weight excluding hydrogens is 621 g/mol. The number of rotatable bonds is 8. The molecule has 38 heavy (non-hydrogen) atoms. The maximum atomic E-state index is 13.0. The Kier molecular flexibility index (Phi) is 9.67. The molecule has 2 heterocycles. The first-order valence-corrected chi connectivity index (χ1v) is 14.1. The van der Waals surface area contributed by atoms with Crippen molar-refractivity contribution in [1.82, 2.24) is 9.80 Å². The molecule has 200 valence electrons. The minimum atomic E-state index is -0.491. The van der Waals surface area contributed by atoms with Gasteiger partial charge in [0.2, 0.25) is 5.91 Å². The van der Waals surface area contributed by atoms with E-state index in [-0.39, 0.29) is 29.9 Å². The van der Waals surface area contributed by atoms with Crippen molar-refractivity contribution in [2.45, 2.75) is 25.7 Å². The Morgan fingerprint density at radius 1 is 1.08 bits per heavy atom. The highest BCUT2D eigenvalue weighted by Crippen LogP contribution is 2.37. The van der Waals surface area contributed by atoms with Gasteiger partial charge >= 0.3 is 0 Å². The summed E-state index contributed by atoms with van der Waals surface area (Å²) in [5.41, 5.74) is 1.29. The fourth-order valence-electron chi connectivity index (χ4n) is 4.16. The fraction of sp³-hybridized carbons (Fsp3) is 0.333. The Labute approximate surface area is 239 Å². The second kappa shape index (κ2) is 13.1. The number of carbonyl (C=O) groups excluding carboxylic acids is 4. The molecule has 11 heteroatoms. The van der Waals surface area contributed by atoms with Crippen molar-refractivity contribution >= 4 is 69.1 Å². The molecule has 4 rings (SSSR count). The molecule has 0 bridgehead atoms. The predicted molar refractivity (Wildman–Crippen MR) is 154 cm³/mol. The predicted octanol–water partition coefficient (Wildman–Crippen LogP) is 4.76. The molecule has 2 aliphatic rings. The van der Waals surface area contributed by atoms with E-state index in [1.165, 1.54) is 7.11 Å². The molecule has 0 unspecified atom stereocenters. The highest BCUT2D eigenvalue weighted by Gasteiger charge is 2.37. The maximum absolute atomic E-state index is 13.0. The number of halogens is 1. The molecule has 9 nitrogen and oxygen atoms in total. The fourth-order valence-corrected chi connectivity index (χ4v) is 5.78. The summed E-state index contributed by atoms with van der Waals surface area (Å²) in [6, 6.07) is 12.5. The highest BCUT2D eigenvalue weighted by atomic mass is 127. The molecule has 2 aromatic rings. The summed E-state index contributed by atoms with van der Waals surface area (Å²) in [5.74, 6) is -0.239. The molecule has 0 spiro atoms. The van der Waals surface area contributed by atoms with E-state index in [4.69, 9.17) is 9.47 Å². The second-order valence-corrected chi connectivity index (χ2v) is 11.0. The van der Waals surface area contributed by atoms with E-state index in [0.29, 0.717) is 39.4 Å². The summed E-state index contributed by atoms with van der Waals surface area (Å²) in [5, 5.41) is 2.30. The smallest absolute Gasteiger partial charge is 0.294 e. The van der Waals surface area contributed by atoms with Gasteiger partial charge in [0.05, 0.1) is 15.6 Å². The van der Waals surface area contributed by atoms with Crippen LogP contribution in [0.15, 0.2) is 47.4 Å². The SMILES string of the molecule is COc1cc(C=C2SC(=O)N(CC(=O)N3CCCCCC3)C2=O)cc(I)c1OCC(=O)Nc1ccccc1. The normalized spacial score (nSPS) is 16.9. The first-order chi connectivity index (χ1) is 18.4. The molecule has 1 N–H and O–H groups in total. The van der Waals surface area contributed by atoms with Gasteiger partial charge in [0, 0.05) is 18.8 Å². The Bertz CT molecular complexity index is 1240. The van der Waals surface area contributed by atoms with Crippen LogP contribution in [-0.2, 0) is 14.4 Å². The summed E-state index contributed by atoms with van der Waals surface area (Å²) < 4.78 is 11.9. The monoisotopic (exact) mass is 649 g/mol. The van der Waals surface area contributed by atoms with E-state index in [2.05, 4.69) is 27.9 Å². The summed E-state index contributed by atoms with van der Waals surface area (Å²) in [6.45, 7) is 0.849. The molecular formula is C27H28IN3O6S. The second-order valence-electron chi connectivity index (χ2n) is 8.80. The molecule has 0 radical (unpaired) electrons. The van der Waals surface area contributed by atoms with Crippen LogP contribution in [0, 0.1) is 3.57 Å². The molecule has 0 aromatic heterocycles. The van der Waals surface area contributed by atoms with Crippen molar-refractivity contribution in [3.8, 4) is 11.5 Å². The number of anilines is 1. The molecule has 0 aliphatic carbocycles. The third-order valence-corrected chi connectivity index (χ3v) is 7.79. The van der Waals surface area contributed by atoms with Gasteiger partial charge in [-0.2, -0.15) is 0 Å². The summed E-state index contributed by atoms with van der Waals surface area (Å²) >= 11 is 2.87. The van der Waals surface area contributed by atoms with Gasteiger partial charge < -0.3 is 19.7 Å². The van der Waals surface area contributed by atoms with E-state index >= 15 is 0 Å². The quantitative estimate of drug-likeness (QED) is 0.325. The van der Waals surface area contributed by atoms with Gasteiger partial charge in [0.25, 0.3) is 17.1 Å². The lowest BCUT2D eigenvalue weighted by Crippen LogP contribution is -2.42. The van der Waals surface area contributed by atoms with Crippen LogP contribution in [0.25, 0.3) is 6.08 Å². The van der Waals surface area contributed by atoms with Crippen molar-refractivity contribution in [3.63, 3.8) is 0 Å². The molecule has 2 fully saturated rings. The van der Waals surface area contributed by atoms with Crippen molar-refractivity contribution in [2.24, 2.45) is 0 Å². The van der Waals surface area contributed by atoms with Gasteiger partial charge in [0.15, 0.2) is 18.1 Å². The van der Waals surface area contributed by atoms with Gasteiger partial charge in [0.1, 0.15) is 6.54 Å². The Balaban J connectivity index is 1.42. The maximum Gasteiger partial charge on any atom is 0.294 e. The van der Waals surface area contributed by atoms with Gasteiger partial charge in [-0.05, 0) is 83.1 Å². The van der Waals surface area contributed by atoms with Crippen LogP contribution in [0.1, 0.15) is 31.2 Å². The number of hydrogen-bond acceptors (Lipinski definition) is 7. The van der Waals surface area contributed by atoms with Crippen LogP contribution < -0.4 is 14.8 Å². The summed E-state index contributed by atoms with van der Waals surface area (Å²) in [4.78, 5) is 53.6. The highest BCUT2D eigenvalue weighted by molar-refractivity contribution is 14.1. The average molecular weight is 650 g/mol. The number of methoxy groups -OCH3 is 1. The van der Waals surface area contributed by atoms with Crippen molar-refractivity contribution < 1.29 is 28.7 Å². The Hall–Kier alpha value is -3.06. The number of nitrogens with zero attached hydrogens (tertiary/aromatic N) is 2. The molecule has 2 saturated heterocycles. The molecule has 0 atom stereocenters. The van der Waals surface area contributed by atoms with E-state index in [1.54, 1.807) is 35.2 Å². The average Bonchev–Trinajstić information content (AvgIpc) is 3.09. The third kappa shape index (κ3) is 7.07. The number of amides is 4. The standard InChI is InChI=1S/C27H28IN3O6S/c1-36-21-14-18(13-20(28)25(21)37-17-23(32)29-19-9-5-4-6-10-19)15-22-26(34)31(27(35)38-22)16-24(33)30-11-7-2-3-8-12-30/h4-6,9-10,13-15H,2-3,7-8,11-12,16-17H2,1H3,(H,29,32). The number of hydrogen-bond donors (Lipinski definition) is 1. The largest absolute Gasteiger partial charge is 0.493 e.